The number of amides is 1. The maximum atomic E-state index is 12.1. The Labute approximate surface area is 119 Å². The highest BCUT2D eigenvalue weighted by Crippen LogP contribution is 2.17. The van der Waals surface area contributed by atoms with Crippen LogP contribution >= 0.6 is 0 Å². The zero-order valence-corrected chi connectivity index (χ0v) is 10.8. The molecule has 0 atom stereocenters. The third-order valence-corrected chi connectivity index (χ3v) is 2.88. The molecule has 0 fully saturated rings. The lowest BCUT2D eigenvalue weighted by Crippen LogP contribution is -2.11. The van der Waals surface area contributed by atoms with Crippen LogP contribution in [0.25, 0.3) is 11.4 Å². The number of aromatic hydroxyl groups is 1. The Morgan fingerprint density at radius 3 is 2.38 bits per heavy atom. The highest BCUT2D eigenvalue weighted by atomic mass is 16.3. The van der Waals surface area contributed by atoms with E-state index in [0.29, 0.717) is 17.1 Å². The van der Waals surface area contributed by atoms with Gasteiger partial charge in [0.25, 0.3) is 5.91 Å². The molecule has 104 valence electrons. The molecule has 0 saturated heterocycles. The number of nitrogens with one attached hydrogen (secondary N) is 2. The SMILES string of the molecule is O=C(Nc1ccc(O)cc1)c1ccc(-c2nn[nH]n2)cc1. The fraction of sp³-hybridized carbons (Fsp3) is 0. The van der Waals surface area contributed by atoms with E-state index in [1.807, 2.05) is 0 Å². The van der Waals surface area contributed by atoms with Crippen molar-refractivity contribution in [3.63, 3.8) is 0 Å². The molecule has 0 saturated carbocycles. The Morgan fingerprint density at radius 1 is 1.05 bits per heavy atom. The van der Waals surface area contributed by atoms with Crippen LogP contribution in [0, 0.1) is 0 Å². The molecule has 1 heterocycles. The van der Waals surface area contributed by atoms with Crippen molar-refractivity contribution < 1.29 is 9.90 Å². The number of hydrogen-bond donors (Lipinski definition) is 3. The lowest BCUT2D eigenvalue weighted by Gasteiger charge is -2.05. The largest absolute Gasteiger partial charge is 0.508 e. The Morgan fingerprint density at radius 2 is 1.76 bits per heavy atom. The number of aromatic amines is 1. The normalized spacial score (nSPS) is 10.3. The predicted molar refractivity (Wildman–Crippen MR) is 75.7 cm³/mol. The lowest BCUT2D eigenvalue weighted by molar-refractivity contribution is 0.102. The molecule has 7 heteroatoms. The third kappa shape index (κ3) is 2.86. The van der Waals surface area contributed by atoms with Gasteiger partial charge in [0.05, 0.1) is 0 Å². The molecule has 3 N–H and O–H groups in total. The van der Waals surface area contributed by atoms with Crippen LogP contribution in [0.5, 0.6) is 5.75 Å². The number of aromatic nitrogens is 4. The maximum Gasteiger partial charge on any atom is 0.255 e. The van der Waals surface area contributed by atoms with E-state index in [9.17, 15) is 9.90 Å². The van der Waals surface area contributed by atoms with E-state index < -0.39 is 0 Å². The third-order valence-electron chi connectivity index (χ3n) is 2.88. The first-order chi connectivity index (χ1) is 10.2. The van der Waals surface area contributed by atoms with E-state index in [2.05, 4.69) is 25.9 Å². The maximum absolute atomic E-state index is 12.1. The van der Waals surface area contributed by atoms with Crippen LogP contribution in [0.1, 0.15) is 10.4 Å². The van der Waals surface area contributed by atoms with E-state index in [4.69, 9.17) is 0 Å². The number of carbonyl (C=O) groups is 1. The van der Waals surface area contributed by atoms with Crippen molar-refractivity contribution in [2.45, 2.75) is 0 Å². The number of carbonyl (C=O) groups excluding carboxylic acids is 1. The van der Waals surface area contributed by atoms with Gasteiger partial charge < -0.3 is 10.4 Å². The van der Waals surface area contributed by atoms with Crippen molar-refractivity contribution >= 4 is 11.6 Å². The van der Waals surface area contributed by atoms with Crippen molar-refractivity contribution in [2.24, 2.45) is 0 Å². The van der Waals surface area contributed by atoms with Crippen LogP contribution in [-0.4, -0.2) is 31.6 Å². The van der Waals surface area contributed by atoms with E-state index in [-0.39, 0.29) is 11.7 Å². The Balaban J connectivity index is 1.74. The fourth-order valence-corrected chi connectivity index (χ4v) is 1.80. The van der Waals surface area contributed by atoms with Gasteiger partial charge in [-0.25, -0.2) is 0 Å². The van der Waals surface area contributed by atoms with Crippen molar-refractivity contribution in [1.29, 1.82) is 0 Å². The zero-order chi connectivity index (χ0) is 14.7. The number of benzene rings is 2. The van der Waals surface area contributed by atoms with Crippen molar-refractivity contribution in [2.75, 3.05) is 5.32 Å². The van der Waals surface area contributed by atoms with Crippen LogP contribution in [0.2, 0.25) is 0 Å². The first-order valence-corrected chi connectivity index (χ1v) is 6.16. The molecule has 0 bridgehead atoms. The summed E-state index contributed by atoms with van der Waals surface area (Å²) in [6, 6.07) is 13.1. The van der Waals surface area contributed by atoms with Crippen LogP contribution in [0.4, 0.5) is 5.69 Å². The number of rotatable bonds is 3. The minimum atomic E-state index is -0.236. The molecule has 7 nitrogen and oxygen atoms in total. The molecule has 0 aliphatic carbocycles. The quantitative estimate of drug-likeness (QED) is 0.635. The highest BCUT2D eigenvalue weighted by Gasteiger charge is 2.08. The number of phenols is 1. The Bertz CT molecular complexity index is 736. The van der Waals surface area contributed by atoms with Gasteiger partial charge in [-0.05, 0) is 41.6 Å². The monoisotopic (exact) mass is 281 g/mol. The van der Waals surface area contributed by atoms with Crippen LogP contribution < -0.4 is 5.32 Å². The summed E-state index contributed by atoms with van der Waals surface area (Å²) in [5.74, 6) is 0.387. The average Bonchev–Trinajstić information content (AvgIpc) is 3.04. The number of phenolic OH excluding ortho intramolecular Hbond substituents is 1. The number of nitrogens with zero attached hydrogens (tertiary/aromatic N) is 3. The molecule has 3 rings (SSSR count). The molecular weight excluding hydrogens is 270 g/mol. The molecule has 1 aromatic heterocycles. The van der Waals surface area contributed by atoms with E-state index in [1.54, 1.807) is 36.4 Å². The van der Waals surface area contributed by atoms with E-state index in [1.165, 1.54) is 12.1 Å². The van der Waals surface area contributed by atoms with E-state index in [0.717, 1.165) is 5.56 Å². The molecule has 0 spiro atoms. The minimum Gasteiger partial charge on any atom is -0.508 e. The van der Waals surface area contributed by atoms with Crippen LogP contribution in [0.15, 0.2) is 48.5 Å². The topological polar surface area (TPSA) is 104 Å². The average molecular weight is 281 g/mol. The second kappa shape index (κ2) is 5.41. The number of H-pyrrole nitrogens is 1. The van der Waals surface area contributed by atoms with Gasteiger partial charge >= 0.3 is 0 Å². The van der Waals surface area contributed by atoms with Gasteiger partial charge in [0.15, 0.2) is 0 Å². The second-order valence-electron chi connectivity index (χ2n) is 4.31. The standard InChI is InChI=1S/C14H11N5O2/c20-12-7-5-11(6-8-12)15-14(21)10-3-1-9(2-4-10)13-16-18-19-17-13/h1-8,20H,(H,15,21)(H,16,17,18,19). The predicted octanol–water partition coefficient (Wildman–Crippen LogP) is 1.82. The molecule has 21 heavy (non-hydrogen) atoms. The molecule has 0 radical (unpaired) electrons. The summed E-state index contributed by atoms with van der Waals surface area (Å²) in [7, 11) is 0. The molecule has 0 unspecified atom stereocenters. The highest BCUT2D eigenvalue weighted by molar-refractivity contribution is 6.04. The van der Waals surface area contributed by atoms with Gasteiger partial charge in [-0.2, -0.15) is 5.21 Å². The summed E-state index contributed by atoms with van der Waals surface area (Å²) in [5, 5.41) is 25.5. The van der Waals surface area contributed by atoms with Gasteiger partial charge in [-0.1, -0.05) is 12.1 Å². The van der Waals surface area contributed by atoms with Gasteiger partial charge in [-0.3, -0.25) is 4.79 Å². The smallest absolute Gasteiger partial charge is 0.255 e. The zero-order valence-electron chi connectivity index (χ0n) is 10.8. The number of tetrazole rings is 1. The molecule has 0 aliphatic rings. The summed E-state index contributed by atoms with van der Waals surface area (Å²) in [4.78, 5) is 12.1. The minimum absolute atomic E-state index is 0.150. The van der Waals surface area contributed by atoms with Crippen molar-refractivity contribution in [1.82, 2.24) is 20.6 Å². The fourth-order valence-electron chi connectivity index (χ4n) is 1.80. The number of hydrogen-bond acceptors (Lipinski definition) is 5. The summed E-state index contributed by atoms with van der Waals surface area (Å²) in [6.45, 7) is 0. The first kappa shape index (κ1) is 12.8. The van der Waals surface area contributed by atoms with Gasteiger partial charge in [0.1, 0.15) is 5.75 Å². The van der Waals surface area contributed by atoms with Crippen molar-refractivity contribution in [3.8, 4) is 17.1 Å². The summed E-state index contributed by atoms with van der Waals surface area (Å²) < 4.78 is 0. The first-order valence-electron chi connectivity index (χ1n) is 6.16. The summed E-state index contributed by atoms with van der Waals surface area (Å²) in [6.07, 6.45) is 0. The van der Waals surface area contributed by atoms with Gasteiger partial charge in [-0.15, -0.1) is 10.2 Å². The Kier molecular flexibility index (Phi) is 3.30. The molecule has 3 aromatic rings. The second-order valence-corrected chi connectivity index (χ2v) is 4.31. The number of anilines is 1. The summed E-state index contributed by atoms with van der Waals surface area (Å²) >= 11 is 0. The van der Waals surface area contributed by atoms with Crippen LogP contribution in [0.3, 0.4) is 0 Å². The molecular formula is C14H11N5O2. The summed E-state index contributed by atoms with van der Waals surface area (Å²) in [5.41, 5.74) is 1.89. The lowest BCUT2D eigenvalue weighted by atomic mass is 10.1. The van der Waals surface area contributed by atoms with Crippen LogP contribution in [-0.2, 0) is 0 Å². The van der Waals surface area contributed by atoms with Crippen molar-refractivity contribution in [3.05, 3.63) is 54.1 Å². The molecule has 1 amide bonds. The molecule has 2 aromatic carbocycles. The molecule has 0 aliphatic heterocycles. The van der Waals surface area contributed by atoms with Gasteiger partial charge in [0.2, 0.25) is 5.82 Å². The van der Waals surface area contributed by atoms with E-state index >= 15 is 0 Å². The Hall–Kier alpha value is -3.22. The van der Waals surface area contributed by atoms with Gasteiger partial charge in [0, 0.05) is 16.8 Å².